The molecule has 128 valence electrons. The predicted octanol–water partition coefficient (Wildman–Crippen LogP) is 0.403. The molecule has 0 saturated carbocycles. The Balaban J connectivity index is 1.59. The summed E-state index contributed by atoms with van der Waals surface area (Å²) in [6, 6.07) is 6.59. The molecule has 0 radical (unpaired) electrons. The Morgan fingerprint density at radius 1 is 1.17 bits per heavy atom. The minimum atomic E-state index is -3.37. The number of hydrogen-bond acceptors (Lipinski definition) is 7. The Hall–Kier alpha value is -2.62. The van der Waals surface area contributed by atoms with Gasteiger partial charge in [0.05, 0.1) is 12.5 Å². The number of nitrogens with zero attached hydrogens (tertiary/aromatic N) is 4. The number of nitrogens with one attached hydrogen (secondary N) is 1. The fourth-order valence-electron chi connectivity index (χ4n) is 2.43. The first-order valence-electron chi connectivity index (χ1n) is 7.32. The van der Waals surface area contributed by atoms with Gasteiger partial charge < -0.3 is 14.2 Å². The summed E-state index contributed by atoms with van der Waals surface area (Å²) in [5.74, 6) is 1.02. The van der Waals surface area contributed by atoms with Crippen LogP contribution in [0.1, 0.15) is 10.6 Å². The molecule has 2 aromatic rings. The van der Waals surface area contributed by atoms with Crippen LogP contribution in [0.25, 0.3) is 0 Å². The average molecular weight is 351 g/mol. The molecule has 9 nitrogen and oxygen atoms in total. The van der Waals surface area contributed by atoms with Crippen molar-refractivity contribution in [1.82, 2.24) is 15.1 Å². The van der Waals surface area contributed by atoms with Crippen molar-refractivity contribution in [2.75, 3.05) is 42.1 Å². The molecule has 1 aliphatic heterocycles. The molecule has 1 saturated heterocycles. The van der Waals surface area contributed by atoms with Crippen LogP contribution in [-0.4, -0.2) is 61.9 Å². The van der Waals surface area contributed by atoms with Gasteiger partial charge in [0, 0.05) is 26.2 Å². The predicted molar refractivity (Wildman–Crippen MR) is 87.3 cm³/mol. The minimum Gasteiger partial charge on any atom is -0.459 e. The van der Waals surface area contributed by atoms with Crippen molar-refractivity contribution in [1.29, 1.82) is 0 Å². The lowest BCUT2D eigenvalue weighted by Gasteiger charge is -2.34. The van der Waals surface area contributed by atoms with Crippen molar-refractivity contribution >= 4 is 27.6 Å². The van der Waals surface area contributed by atoms with Gasteiger partial charge in [-0.2, -0.15) is 0 Å². The van der Waals surface area contributed by atoms with Gasteiger partial charge in [0.1, 0.15) is 0 Å². The molecule has 3 rings (SSSR count). The third-order valence-corrected chi connectivity index (χ3v) is 4.14. The summed E-state index contributed by atoms with van der Waals surface area (Å²) in [7, 11) is -3.37. The molecule has 3 heterocycles. The second-order valence-corrected chi connectivity index (χ2v) is 7.16. The summed E-state index contributed by atoms with van der Waals surface area (Å²) in [5.41, 5.74) is 0. The largest absolute Gasteiger partial charge is 0.459 e. The molecule has 2 aromatic heterocycles. The Labute approximate surface area is 139 Å². The number of piperazine rings is 1. The van der Waals surface area contributed by atoms with Crippen molar-refractivity contribution in [3.05, 3.63) is 36.3 Å². The first kappa shape index (κ1) is 16.2. The molecule has 0 unspecified atom stereocenters. The van der Waals surface area contributed by atoms with Crippen molar-refractivity contribution in [2.45, 2.75) is 0 Å². The van der Waals surface area contributed by atoms with E-state index in [0.717, 1.165) is 6.26 Å². The van der Waals surface area contributed by atoms with Crippen LogP contribution in [0.5, 0.6) is 0 Å². The minimum absolute atomic E-state index is 0.126. The Morgan fingerprint density at radius 2 is 1.92 bits per heavy atom. The average Bonchev–Trinajstić information content (AvgIpc) is 3.08. The van der Waals surface area contributed by atoms with Crippen molar-refractivity contribution in [3.63, 3.8) is 0 Å². The summed E-state index contributed by atoms with van der Waals surface area (Å²) in [6.45, 7) is 2.31. The number of carbonyl (C=O) groups excluding carboxylic acids is 1. The molecular formula is C14H17N5O4S. The molecule has 0 aliphatic carbocycles. The van der Waals surface area contributed by atoms with E-state index in [-0.39, 0.29) is 11.7 Å². The van der Waals surface area contributed by atoms with Crippen LogP contribution >= 0.6 is 0 Å². The molecule has 1 N–H and O–H groups in total. The fraction of sp³-hybridized carbons (Fsp3) is 0.357. The molecule has 0 atom stereocenters. The van der Waals surface area contributed by atoms with Gasteiger partial charge in [0.2, 0.25) is 10.0 Å². The lowest BCUT2D eigenvalue weighted by Crippen LogP contribution is -2.49. The molecule has 0 bridgehead atoms. The van der Waals surface area contributed by atoms with E-state index in [4.69, 9.17) is 4.42 Å². The third kappa shape index (κ3) is 3.82. The molecular weight excluding hydrogens is 334 g/mol. The molecule has 1 aliphatic rings. The molecule has 24 heavy (non-hydrogen) atoms. The number of amides is 1. The number of carbonyl (C=O) groups is 1. The van der Waals surface area contributed by atoms with Crippen LogP contribution < -0.4 is 9.62 Å². The number of rotatable bonds is 4. The first-order valence-corrected chi connectivity index (χ1v) is 9.21. The Kier molecular flexibility index (Phi) is 4.38. The van der Waals surface area contributed by atoms with Crippen LogP contribution in [0.15, 0.2) is 34.9 Å². The molecule has 0 spiro atoms. The van der Waals surface area contributed by atoms with E-state index in [1.165, 1.54) is 6.26 Å². The van der Waals surface area contributed by atoms with E-state index in [1.807, 2.05) is 4.90 Å². The van der Waals surface area contributed by atoms with Crippen LogP contribution in [0, 0.1) is 0 Å². The maximum absolute atomic E-state index is 12.2. The van der Waals surface area contributed by atoms with E-state index >= 15 is 0 Å². The SMILES string of the molecule is CS(=O)(=O)Nc1ccc(N2CCN(C(=O)c3ccco3)CC2)nn1. The summed E-state index contributed by atoms with van der Waals surface area (Å²) < 4.78 is 29.7. The highest BCUT2D eigenvalue weighted by molar-refractivity contribution is 7.92. The molecule has 10 heteroatoms. The van der Waals surface area contributed by atoms with Gasteiger partial charge in [-0.3, -0.25) is 9.52 Å². The van der Waals surface area contributed by atoms with E-state index in [9.17, 15) is 13.2 Å². The highest BCUT2D eigenvalue weighted by Gasteiger charge is 2.24. The first-order chi connectivity index (χ1) is 11.4. The second kappa shape index (κ2) is 6.48. The van der Waals surface area contributed by atoms with Gasteiger partial charge in [-0.25, -0.2) is 8.42 Å². The fourth-order valence-corrected chi connectivity index (χ4v) is 2.92. The van der Waals surface area contributed by atoms with Crippen LogP contribution in [0.3, 0.4) is 0 Å². The topological polar surface area (TPSA) is 109 Å². The van der Waals surface area contributed by atoms with Crippen molar-refractivity contribution in [3.8, 4) is 0 Å². The van der Waals surface area contributed by atoms with E-state index < -0.39 is 10.0 Å². The normalized spacial score (nSPS) is 15.4. The summed E-state index contributed by atoms with van der Waals surface area (Å²) in [6.07, 6.45) is 2.53. The van der Waals surface area contributed by atoms with Crippen LogP contribution in [0.4, 0.5) is 11.6 Å². The number of hydrogen-bond donors (Lipinski definition) is 1. The van der Waals surface area contributed by atoms with Crippen LogP contribution in [0.2, 0.25) is 0 Å². The van der Waals surface area contributed by atoms with E-state index in [0.29, 0.717) is 37.8 Å². The van der Waals surface area contributed by atoms with Gasteiger partial charge in [-0.05, 0) is 24.3 Å². The van der Waals surface area contributed by atoms with Crippen molar-refractivity contribution < 1.29 is 17.6 Å². The summed E-state index contributed by atoms with van der Waals surface area (Å²) in [4.78, 5) is 15.9. The standard InChI is InChI=1S/C14H17N5O4S/c1-24(21,22)17-12-4-5-13(16-15-12)18-6-8-19(9-7-18)14(20)11-3-2-10-23-11/h2-5,10H,6-9H2,1H3,(H,15,17). The summed E-state index contributed by atoms with van der Waals surface area (Å²) >= 11 is 0. The highest BCUT2D eigenvalue weighted by atomic mass is 32.2. The maximum Gasteiger partial charge on any atom is 0.289 e. The van der Waals surface area contributed by atoms with Gasteiger partial charge in [-0.1, -0.05) is 0 Å². The van der Waals surface area contributed by atoms with Gasteiger partial charge in [-0.15, -0.1) is 10.2 Å². The zero-order valence-electron chi connectivity index (χ0n) is 13.0. The lowest BCUT2D eigenvalue weighted by atomic mass is 10.3. The Bertz CT molecular complexity index is 796. The maximum atomic E-state index is 12.2. The van der Waals surface area contributed by atoms with Crippen LogP contribution in [-0.2, 0) is 10.0 Å². The molecule has 1 amide bonds. The van der Waals surface area contributed by atoms with Gasteiger partial charge >= 0.3 is 0 Å². The Morgan fingerprint density at radius 3 is 2.46 bits per heavy atom. The van der Waals surface area contributed by atoms with E-state index in [1.54, 1.807) is 29.2 Å². The highest BCUT2D eigenvalue weighted by Crippen LogP contribution is 2.16. The smallest absolute Gasteiger partial charge is 0.289 e. The van der Waals surface area contributed by atoms with Crippen molar-refractivity contribution in [2.24, 2.45) is 0 Å². The monoisotopic (exact) mass is 351 g/mol. The summed E-state index contributed by atoms with van der Waals surface area (Å²) in [5, 5.41) is 7.89. The number of anilines is 2. The lowest BCUT2D eigenvalue weighted by molar-refractivity contribution is 0.0714. The number of sulfonamides is 1. The number of aromatic nitrogens is 2. The van der Waals surface area contributed by atoms with Gasteiger partial charge in [0.15, 0.2) is 17.4 Å². The van der Waals surface area contributed by atoms with E-state index in [2.05, 4.69) is 14.9 Å². The quantitative estimate of drug-likeness (QED) is 0.849. The zero-order valence-corrected chi connectivity index (χ0v) is 13.9. The number of furan rings is 1. The molecule has 0 aromatic carbocycles. The third-order valence-electron chi connectivity index (χ3n) is 3.56. The van der Waals surface area contributed by atoms with Gasteiger partial charge in [0.25, 0.3) is 5.91 Å². The second-order valence-electron chi connectivity index (χ2n) is 5.41. The molecule has 1 fully saturated rings. The zero-order chi connectivity index (χ0) is 17.2.